The van der Waals surface area contributed by atoms with Crippen molar-refractivity contribution in [2.45, 2.75) is 6.42 Å². The third-order valence-electron chi connectivity index (χ3n) is 1.45. The van der Waals surface area contributed by atoms with E-state index in [1.807, 2.05) is 0 Å². The van der Waals surface area contributed by atoms with E-state index in [0.29, 0.717) is 25.4 Å². The van der Waals surface area contributed by atoms with Crippen LogP contribution in [0.15, 0.2) is 23.0 Å². The molecule has 0 aromatic carbocycles. The lowest BCUT2D eigenvalue weighted by molar-refractivity contribution is -0.131. The van der Waals surface area contributed by atoms with Crippen LogP contribution in [-0.2, 0) is 11.2 Å². The van der Waals surface area contributed by atoms with Gasteiger partial charge in [-0.15, -0.1) is 0 Å². The van der Waals surface area contributed by atoms with Gasteiger partial charge in [-0.05, 0) is 0 Å². The zero-order valence-electron chi connectivity index (χ0n) is 7.51. The van der Waals surface area contributed by atoms with Crippen molar-refractivity contribution in [3.8, 4) is 0 Å². The summed E-state index contributed by atoms with van der Waals surface area (Å²) >= 11 is 0. The predicted octanol–water partition coefficient (Wildman–Crippen LogP) is -0.158. The van der Waals surface area contributed by atoms with Gasteiger partial charge >= 0.3 is 5.97 Å². The van der Waals surface area contributed by atoms with Crippen molar-refractivity contribution in [2.75, 3.05) is 13.1 Å². The highest BCUT2D eigenvalue weighted by Crippen LogP contribution is 1.89. The maximum absolute atomic E-state index is 10.1. The Morgan fingerprint density at radius 2 is 2.57 bits per heavy atom. The zero-order chi connectivity index (χ0) is 10.2. The Morgan fingerprint density at radius 1 is 1.71 bits per heavy atom. The monoisotopic (exact) mass is 197 g/mol. The first-order valence-corrected chi connectivity index (χ1v) is 4.15. The van der Waals surface area contributed by atoms with Crippen molar-refractivity contribution in [3.63, 3.8) is 0 Å². The number of hydrogen-bond donors (Lipinski definition) is 2. The van der Waals surface area contributed by atoms with E-state index in [9.17, 15) is 4.79 Å². The molecule has 0 aliphatic heterocycles. The molecule has 1 aromatic heterocycles. The summed E-state index contributed by atoms with van der Waals surface area (Å²) in [7, 11) is 0. The molecule has 0 bridgehead atoms. The molecule has 6 nitrogen and oxygen atoms in total. The van der Waals surface area contributed by atoms with E-state index in [2.05, 4.69) is 15.5 Å². The minimum absolute atomic E-state index is 0.514. The lowest BCUT2D eigenvalue weighted by Gasteiger charge is -1.96. The quantitative estimate of drug-likeness (QED) is 0.486. The van der Waals surface area contributed by atoms with Crippen LogP contribution in [0.5, 0.6) is 0 Å². The van der Waals surface area contributed by atoms with E-state index in [-0.39, 0.29) is 0 Å². The number of carboxylic acids is 1. The third-order valence-corrected chi connectivity index (χ3v) is 1.45. The number of carboxylic acid groups (broad SMARTS) is 1. The van der Waals surface area contributed by atoms with Crippen LogP contribution in [0.4, 0.5) is 0 Å². The van der Waals surface area contributed by atoms with Gasteiger partial charge in [-0.2, -0.15) is 4.98 Å². The molecule has 0 aliphatic rings. The smallest absolute Gasteiger partial charge is 0.328 e. The first-order chi connectivity index (χ1) is 6.79. The summed E-state index contributed by atoms with van der Waals surface area (Å²) in [4.78, 5) is 13.9. The second kappa shape index (κ2) is 5.87. The molecular weight excluding hydrogens is 186 g/mol. The highest BCUT2D eigenvalue weighted by atomic mass is 16.5. The topological polar surface area (TPSA) is 88.2 Å². The number of aromatic nitrogens is 2. The van der Waals surface area contributed by atoms with Gasteiger partial charge in [-0.1, -0.05) is 11.2 Å². The fourth-order valence-corrected chi connectivity index (χ4v) is 0.847. The van der Waals surface area contributed by atoms with Gasteiger partial charge in [0.1, 0.15) is 0 Å². The molecule has 6 heteroatoms. The highest BCUT2D eigenvalue weighted by molar-refractivity contribution is 5.79. The molecule has 0 saturated heterocycles. The fourth-order valence-electron chi connectivity index (χ4n) is 0.847. The number of hydrogen-bond acceptors (Lipinski definition) is 5. The van der Waals surface area contributed by atoms with Crippen LogP contribution in [0, 0.1) is 0 Å². The Kier molecular flexibility index (Phi) is 4.36. The molecule has 0 radical (unpaired) electrons. The SMILES string of the molecule is O=C(O)/C=C/CNCCc1ncno1. The van der Waals surface area contributed by atoms with Gasteiger partial charge in [0.15, 0.2) is 6.33 Å². The molecule has 1 heterocycles. The van der Waals surface area contributed by atoms with Crippen molar-refractivity contribution in [1.82, 2.24) is 15.5 Å². The van der Waals surface area contributed by atoms with Gasteiger partial charge in [0.2, 0.25) is 5.89 Å². The Hall–Kier alpha value is -1.69. The molecule has 2 N–H and O–H groups in total. The number of carbonyl (C=O) groups is 1. The minimum atomic E-state index is -0.941. The number of aliphatic carboxylic acids is 1. The van der Waals surface area contributed by atoms with Crippen molar-refractivity contribution in [3.05, 3.63) is 24.4 Å². The van der Waals surface area contributed by atoms with Gasteiger partial charge in [0, 0.05) is 25.6 Å². The largest absolute Gasteiger partial charge is 0.478 e. The minimum Gasteiger partial charge on any atom is -0.478 e. The molecule has 14 heavy (non-hydrogen) atoms. The third kappa shape index (κ3) is 4.36. The molecule has 0 amide bonds. The average Bonchev–Trinajstić information content (AvgIpc) is 2.63. The normalized spacial score (nSPS) is 10.9. The predicted molar refractivity (Wildman–Crippen MR) is 47.6 cm³/mol. The van der Waals surface area contributed by atoms with E-state index < -0.39 is 5.97 Å². The molecule has 0 spiro atoms. The van der Waals surface area contributed by atoms with Crippen molar-refractivity contribution in [1.29, 1.82) is 0 Å². The summed E-state index contributed by atoms with van der Waals surface area (Å²) in [6, 6.07) is 0. The number of rotatable bonds is 6. The number of nitrogens with one attached hydrogen (secondary N) is 1. The maximum Gasteiger partial charge on any atom is 0.328 e. The van der Waals surface area contributed by atoms with E-state index >= 15 is 0 Å². The average molecular weight is 197 g/mol. The molecule has 1 aromatic rings. The Labute approximate surface area is 80.6 Å². The summed E-state index contributed by atoms with van der Waals surface area (Å²) in [6.07, 6.45) is 4.62. The van der Waals surface area contributed by atoms with Crippen LogP contribution in [-0.4, -0.2) is 34.3 Å². The molecule has 0 saturated carbocycles. The van der Waals surface area contributed by atoms with Crippen LogP contribution < -0.4 is 5.32 Å². The van der Waals surface area contributed by atoms with Crippen LogP contribution in [0.25, 0.3) is 0 Å². The molecule has 1 rings (SSSR count). The summed E-state index contributed by atoms with van der Waals surface area (Å²) in [5.41, 5.74) is 0. The van der Waals surface area contributed by atoms with Gasteiger partial charge in [0.25, 0.3) is 0 Å². The van der Waals surface area contributed by atoms with Crippen molar-refractivity contribution >= 4 is 5.97 Å². The van der Waals surface area contributed by atoms with Crippen molar-refractivity contribution in [2.24, 2.45) is 0 Å². The van der Waals surface area contributed by atoms with E-state index in [1.54, 1.807) is 0 Å². The fraction of sp³-hybridized carbons (Fsp3) is 0.375. The second-order valence-corrected chi connectivity index (χ2v) is 2.53. The summed E-state index contributed by atoms with van der Waals surface area (Å²) in [5, 5.41) is 14.7. The highest BCUT2D eigenvalue weighted by Gasteiger charge is 1.96. The summed E-state index contributed by atoms with van der Waals surface area (Å²) in [5.74, 6) is -0.372. The Morgan fingerprint density at radius 3 is 3.21 bits per heavy atom. The first-order valence-electron chi connectivity index (χ1n) is 4.15. The van der Waals surface area contributed by atoms with Crippen LogP contribution >= 0.6 is 0 Å². The van der Waals surface area contributed by atoms with E-state index in [0.717, 1.165) is 6.08 Å². The van der Waals surface area contributed by atoms with E-state index in [4.69, 9.17) is 9.63 Å². The second-order valence-electron chi connectivity index (χ2n) is 2.53. The maximum atomic E-state index is 10.1. The standard InChI is InChI=1S/C8H11N3O3/c12-8(13)2-1-4-9-5-3-7-10-6-11-14-7/h1-2,6,9H,3-5H2,(H,12,13)/b2-1+. The molecule has 0 fully saturated rings. The van der Waals surface area contributed by atoms with Gasteiger partial charge in [-0.25, -0.2) is 4.79 Å². The molecule has 0 atom stereocenters. The molecule has 76 valence electrons. The van der Waals surface area contributed by atoms with Gasteiger partial charge in [0.05, 0.1) is 0 Å². The molecular formula is C8H11N3O3. The summed E-state index contributed by atoms with van der Waals surface area (Å²) < 4.78 is 4.77. The van der Waals surface area contributed by atoms with Gasteiger partial charge in [-0.3, -0.25) is 0 Å². The Balaban J connectivity index is 2.03. The number of nitrogens with zero attached hydrogens (tertiary/aromatic N) is 2. The zero-order valence-corrected chi connectivity index (χ0v) is 7.51. The van der Waals surface area contributed by atoms with E-state index in [1.165, 1.54) is 12.4 Å². The summed E-state index contributed by atoms with van der Waals surface area (Å²) in [6.45, 7) is 1.19. The Bertz CT molecular complexity index is 295. The van der Waals surface area contributed by atoms with Crippen LogP contribution in [0.2, 0.25) is 0 Å². The van der Waals surface area contributed by atoms with Crippen molar-refractivity contribution < 1.29 is 14.4 Å². The lowest BCUT2D eigenvalue weighted by Crippen LogP contribution is -2.17. The molecule has 0 aliphatic carbocycles. The first kappa shape index (κ1) is 10.4. The van der Waals surface area contributed by atoms with Gasteiger partial charge < -0.3 is 14.9 Å². The lowest BCUT2D eigenvalue weighted by atomic mass is 10.4. The van der Waals surface area contributed by atoms with Crippen LogP contribution in [0.3, 0.4) is 0 Å². The van der Waals surface area contributed by atoms with Crippen LogP contribution in [0.1, 0.15) is 5.89 Å². The molecule has 0 unspecified atom stereocenters.